The molecule has 0 unspecified atom stereocenters. The quantitative estimate of drug-likeness (QED) is 0.111. The van der Waals surface area contributed by atoms with Crippen LogP contribution in [-0.4, -0.2) is 4.57 Å². The molecule has 2 aromatic heterocycles. The van der Waals surface area contributed by atoms with Crippen LogP contribution >= 0.6 is 0 Å². The number of rotatable bonds is 8. The Labute approximate surface area is 317 Å². The van der Waals surface area contributed by atoms with Gasteiger partial charge in [-0.2, -0.15) is 9.13 Å². The van der Waals surface area contributed by atoms with E-state index in [1.54, 1.807) is 0 Å². The number of aromatic nitrogens is 3. The summed E-state index contributed by atoms with van der Waals surface area (Å²) in [4.78, 5) is 0. The molecule has 0 N–H and O–H groups in total. The molecule has 5 aromatic carbocycles. The molecule has 0 amide bonds. The maximum atomic E-state index is 2.56. The van der Waals surface area contributed by atoms with Crippen LogP contribution in [0.15, 0.2) is 121 Å². The molecule has 0 aliphatic rings. The molecule has 3 nitrogen and oxygen atoms in total. The van der Waals surface area contributed by atoms with Crippen LogP contribution in [0.25, 0.3) is 28.2 Å². The van der Waals surface area contributed by atoms with E-state index in [2.05, 4.69) is 211 Å². The molecular formula is C50H55N3+2. The molecule has 0 saturated heterocycles. The zero-order valence-electron chi connectivity index (χ0n) is 33.5. The Hall–Kier alpha value is -5.28. The molecule has 7 aromatic rings. The predicted octanol–water partition coefficient (Wildman–Crippen LogP) is 11.1. The highest BCUT2D eigenvalue weighted by Gasteiger charge is 2.48. The molecule has 0 radical (unpaired) electrons. The van der Waals surface area contributed by atoms with Crippen LogP contribution in [0.2, 0.25) is 0 Å². The fourth-order valence-electron chi connectivity index (χ4n) is 8.75. The fourth-order valence-corrected chi connectivity index (χ4v) is 8.75. The molecule has 268 valence electrons. The molecule has 0 atom stereocenters. The van der Waals surface area contributed by atoms with Gasteiger partial charge < -0.3 is 0 Å². The molecule has 2 heterocycles. The second kappa shape index (κ2) is 13.9. The van der Waals surface area contributed by atoms with Crippen molar-refractivity contribution in [3.05, 3.63) is 183 Å². The summed E-state index contributed by atoms with van der Waals surface area (Å²) >= 11 is 0. The van der Waals surface area contributed by atoms with Gasteiger partial charge in [0.05, 0.1) is 7.05 Å². The fraction of sp³-hybridized carbons (Fsp3) is 0.280. The molecule has 0 aliphatic heterocycles. The first-order valence-corrected chi connectivity index (χ1v) is 19.2. The van der Waals surface area contributed by atoms with Crippen molar-refractivity contribution in [2.75, 3.05) is 0 Å². The minimum Gasteiger partial charge on any atom is -0.220 e. The van der Waals surface area contributed by atoms with Crippen molar-refractivity contribution >= 4 is 11.0 Å². The van der Waals surface area contributed by atoms with Crippen molar-refractivity contribution in [1.29, 1.82) is 0 Å². The summed E-state index contributed by atoms with van der Waals surface area (Å²) in [6.45, 7) is 20.5. The van der Waals surface area contributed by atoms with Crippen LogP contribution < -0.4 is 9.13 Å². The molecule has 3 heteroatoms. The third-order valence-corrected chi connectivity index (χ3v) is 11.5. The first-order valence-electron chi connectivity index (χ1n) is 19.2. The summed E-state index contributed by atoms with van der Waals surface area (Å²) in [7, 11) is 4.51. The molecule has 0 bridgehead atoms. The van der Waals surface area contributed by atoms with E-state index in [0.717, 1.165) is 11.5 Å². The van der Waals surface area contributed by atoms with Gasteiger partial charge in [0.25, 0.3) is 5.69 Å². The standard InChI is InChI=1S/C50H55N3/c1-32(2)40-16-14-17-41(33(3)4)48(40)53-45-19-13-12-18-44(45)52(11)49(53)46-20-15-21-47(51(46)10)50(39-28-24-34(5)25-29-39,42-30-35(6)22-26-37(42)8)43-31-36(7)23-27-38(43)9/h12-33H,1-11H3/q+2. The van der Waals surface area contributed by atoms with Crippen LogP contribution in [0.4, 0.5) is 0 Å². The maximum Gasteiger partial charge on any atom is 0.360 e. The Morgan fingerprint density at radius 2 is 1.06 bits per heavy atom. The number of imidazole rings is 1. The molecule has 0 spiro atoms. The molecule has 0 aliphatic carbocycles. The lowest BCUT2D eigenvalue weighted by Gasteiger charge is -2.36. The minimum atomic E-state index is -0.612. The maximum absolute atomic E-state index is 2.56. The number of hydrogen-bond donors (Lipinski definition) is 0. The molecule has 0 fully saturated rings. The lowest BCUT2D eigenvalue weighted by Crippen LogP contribution is -2.49. The highest BCUT2D eigenvalue weighted by Crippen LogP contribution is 2.47. The highest BCUT2D eigenvalue weighted by atomic mass is 15.2. The van der Waals surface area contributed by atoms with Gasteiger partial charge in [0.2, 0.25) is 5.69 Å². The van der Waals surface area contributed by atoms with Gasteiger partial charge in [-0.15, -0.1) is 0 Å². The van der Waals surface area contributed by atoms with E-state index < -0.39 is 5.41 Å². The highest BCUT2D eigenvalue weighted by molar-refractivity contribution is 5.79. The van der Waals surface area contributed by atoms with Crippen molar-refractivity contribution in [1.82, 2.24) is 4.57 Å². The van der Waals surface area contributed by atoms with E-state index >= 15 is 0 Å². The van der Waals surface area contributed by atoms with E-state index in [9.17, 15) is 0 Å². The van der Waals surface area contributed by atoms with Crippen molar-refractivity contribution in [2.24, 2.45) is 14.1 Å². The Bertz CT molecular complexity index is 2400. The van der Waals surface area contributed by atoms with Gasteiger partial charge in [0.1, 0.15) is 18.2 Å². The van der Waals surface area contributed by atoms with E-state index in [0.29, 0.717) is 11.8 Å². The summed E-state index contributed by atoms with van der Waals surface area (Å²) < 4.78 is 7.45. The Morgan fingerprint density at radius 3 is 1.62 bits per heavy atom. The Morgan fingerprint density at radius 1 is 0.528 bits per heavy atom. The minimum absolute atomic E-state index is 0.353. The summed E-state index contributed by atoms with van der Waals surface area (Å²) in [5.74, 6) is 1.86. The van der Waals surface area contributed by atoms with Crippen molar-refractivity contribution in [3.8, 4) is 17.2 Å². The van der Waals surface area contributed by atoms with Crippen molar-refractivity contribution in [2.45, 2.75) is 79.6 Å². The summed E-state index contributed by atoms with van der Waals surface area (Å²) in [5.41, 5.74) is 18.4. The average Bonchev–Trinajstić information content (AvgIpc) is 3.43. The third-order valence-electron chi connectivity index (χ3n) is 11.5. The monoisotopic (exact) mass is 697 g/mol. The van der Waals surface area contributed by atoms with Gasteiger partial charge in [-0.3, -0.25) is 0 Å². The largest absolute Gasteiger partial charge is 0.360 e. The summed E-state index contributed by atoms with van der Waals surface area (Å²) in [6, 6.07) is 45.9. The van der Waals surface area contributed by atoms with E-state index in [1.165, 1.54) is 78.0 Å². The normalized spacial score (nSPS) is 12.0. The molecule has 53 heavy (non-hydrogen) atoms. The van der Waals surface area contributed by atoms with Crippen LogP contribution in [0.3, 0.4) is 0 Å². The number of para-hydroxylation sites is 3. The second-order valence-electron chi connectivity index (χ2n) is 15.9. The number of fused-ring (bicyclic) bond motifs is 1. The van der Waals surface area contributed by atoms with Crippen molar-refractivity contribution < 1.29 is 9.13 Å². The van der Waals surface area contributed by atoms with Gasteiger partial charge in [-0.05, 0) is 92.5 Å². The van der Waals surface area contributed by atoms with Crippen LogP contribution in [0.1, 0.15) is 101 Å². The lowest BCUT2D eigenvalue weighted by molar-refractivity contribution is -0.687. The van der Waals surface area contributed by atoms with E-state index in [-0.39, 0.29) is 0 Å². The van der Waals surface area contributed by atoms with Gasteiger partial charge in [0, 0.05) is 23.3 Å². The zero-order chi connectivity index (χ0) is 37.8. The second-order valence-corrected chi connectivity index (χ2v) is 15.9. The SMILES string of the molecule is Cc1ccc(C(c2cc(C)ccc2C)(c2cc(C)ccc2C)c2cccc(-c3n(-c4c(C(C)C)cccc4C(C)C)c4ccccc4[n+]3C)[n+]2C)cc1. The van der Waals surface area contributed by atoms with Crippen molar-refractivity contribution in [3.63, 3.8) is 0 Å². The number of aryl methyl sites for hydroxylation is 6. The van der Waals surface area contributed by atoms with Gasteiger partial charge >= 0.3 is 5.82 Å². The smallest absolute Gasteiger partial charge is 0.220 e. The summed E-state index contributed by atoms with van der Waals surface area (Å²) in [6.07, 6.45) is 0. The number of nitrogens with zero attached hydrogens (tertiary/aromatic N) is 3. The lowest BCUT2D eigenvalue weighted by atomic mass is 9.64. The van der Waals surface area contributed by atoms with Gasteiger partial charge in [-0.25, -0.2) is 4.57 Å². The van der Waals surface area contributed by atoms with E-state index in [1.807, 2.05) is 0 Å². The van der Waals surface area contributed by atoms with E-state index in [4.69, 9.17) is 0 Å². The molecule has 7 rings (SSSR count). The van der Waals surface area contributed by atoms with Gasteiger partial charge in [0.15, 0.2) is 11.0 Å². The average molecular weight is 698 g/mol. The van der Waals surface area contributed by atoms with Crippen LogP contribution in [-0.2, 0) is 19.5 Å². The number of benzene rings is 5. The third kappa shape index (κ3) is 5.91. The summed E-state index contributed by atoms with van der Waals surface area (Å²) in [5, 5.41) is 0. The van der Waals surface area contributed by atoms with Crippen LogP contribution in [0, 0.1) is 34.6 Å². The van der Waals surface area contributed by atoms with Crippen LogP contribution in [0.5, 0.6) is 0 Å². The first-order chi connectivity index (χ1) is 25.4. The first kappa shape index (κ1) is 36.1. The Kier molecular flexibility index (Phi) is 9.49. The molecule has 0 saturated carbocycles. The predicted molar refractivity (Wildman–Crippen MR) is 221 cm³/mol. The molecular weight excluding hydrogens is 643 g/mol. The number of hydrogen-bond acceptors (Lipinski definition) is 0. The Balaban J connectivity index is 1.68. The number of pyridine rings is 1. The zero-order valence-corrected chi connectivity index (χ0v) is 33.5. The van der Waals surface area contributed by atoms with Gasteiger partial charge in [-0.1, -0.05) is 135 Å². The topological polar surface area (TPSA) is 12.7 Å².